The lowest BCUT2D eigenvalue weighted by Crippen LogP contribution is -2.16. The number of hydrogen-bond acceptors (Lipinski definition) is 8. The van der Waals surface area contributed by atoms with Gasteiger partial charge in [-0.25, -0.2) is 9.59 Å². The molecule has 3 rings (SSSR count). The summed E-state index contributed by atoms with van der Waals surface area (Å²) in [5, 5.41) is 31.2. The van der Waals surface area contributed by atoms with E-state index in [-0.39, 0.29) is 47.0 Å². The fourth-order valence-corrected chi connectivity index (χ4v) is 3.29. The second-order valence-corrected chi connectivity index (χ2v) is 8.18. The zero-order valence-electron chi connectivity index (χ0n) is 21.3. The Balaban J connectivity index is 1.53. The fraction of sp³-hybridized carbons (Fsp3) is 0.143. The highest BCUT2D eigenvalue weighted by atomic mass is 16.5. The minimum absolute atomic E-state index is 0.0273. The highest BCUT2D eigenvalue weighted by Crippen LogP contribution is 2.25. The van der Waals surface area contributed by atoms with E-state index in [4.69, 9.17) is 9.47 Å². The van der Waals surface area contributed by atoms with Gasteiger partial charge in [0.2, 0.25) is 0 Å². The van der Waals surface area contributed by atoms with Crippen LogP contribution < -0.4 is 20.1 Å². The number of anilines is 2. The molecule has 0 unspecified atom stereocenters. The molecule has 0 aliphatic carbocycles. The number of carbonyl (C=O) groups is 4. The smallest absolute Gasteiger partial charge is 0.337 e. The molecule has 0 spiro atoms. The van der Waals surface area contributed by atoms with Gasteiger partial charge in [0.05, 0.1) is 35.7 Å². The Morgan fingerprint density at radius 3 is 1.88 bits per heavy atom. The van der Waals surface area contributed by atoms with Crippen LogP contribution in [0.25, 0.3) is 0 Å². The van der Waals surface area contributed by atoms with Crippen molar-refractivity contribution in [3.63, 3.8) is 0 Å². The van der Waals surface area contributed by atoms with Crippen molar-refractivity contribution >= 4 is 35.1 Å². The predicted octanol–water partition coefficient (Wildman–Crippen LogP) is 4.04. The lowest BCUT2D eigenvalue weighted by Gasteiger charge is -2.13. The van der Waals surface area contributed by atoms with E-state index >= 15 is 0 Å². The molecule has 0 fully saturated rings. The van der Waals surface area contributed by atoms with Gasteiger partial charge in [-0.1, -0.05) is 19.2 Å². The summed E-state index contributed by atoms with van der Waals surface area (Å²) in [5.74, 6) is -2.92. The number of unbranched alkanes of at least 4 members (excludes halogenated alkanes) is 1. The van der Waals surface area contributed by atoms with Gasteiger partial charge in [-0.05, 0) is 49.2 Å². The molecule has 0 bridgehead atoms. The Morgan fingerprint density at radius 1 is 0.850 bits per heavy atom. The topological polar surface area (TPSA) is 177 Å². The van der Waals surface area contributed by atoms with E-state index in [9.17, 15) is 29.4 Å². The second kappa shape index (κ2) is 13.9. The van der Waals surface area contributed by atoms with Gasteiger partial charge in [-0.3, -0.25) is 9.59 Å². The molecule has 0 radical (unpaired) electrons. The van der Waals surface area contributed by atoms with E-state index in [1.807, 2.05) is 0 Å². The Labute approximate surface area is 229 Å². The molecule has 0 saturated carbocycles. The molecular weight excluding hydrogens is 520 g/mol. The second-order valence-electron chi connectivity index (χ2n) is 8.18. The number of carboxylic acid groups (broad SMARTS) is 2. The van der Waals surface area contributed by atoms with E-state index in [1.54, 1.807) is 0 Å². The Morgan fingerprint density at radius 2 is 1.40 bits per heavy atom. The van der Waals surface area contributed by atoms with Crippen LogP contribution in [0.1, 0.15) is 44.0 Å². The van der Waals surface area contributed by atoms with E-state index in [1.165, 1.54) is 60.8 Å². The quantitative estimate of drug-likeness (QED) is 0.131. The van der Waals surface area contributed by atoms with Crippen LogP contribution >= 0.6 is 0 Å². The molecule has 12 nitrogen and oxygen atoms in total. The van der Waals surface area contributed by atoms with E-state index in [0.29, 0.717) is 24.3 Å². The summed E-state index contributed by atoms with van der Waals surface area (Å²) >= 11 is 0. The normalized spacial score (nSPS) is 10.2. The lowest BCUT2D eigenvalue weighted by atomic mass is 10.1. The number of carboxylic acids is 2. The summed E-state index contributed by atoms with van der Waals surface area (Å²) in [6.45, 7) is 7.55. The molecule has 2 amide bonds. The molecule has 3 aromatic rings. The molecule has 0 atom stereocenters. The van der Waals surface area contributed by atoms with Gasteiger partial charge in [-0.15, -0.1) is 5.10 Å². The predicted molar refractivity (Wildman–Crippen MR) is 145 cm³/mol. The zero-order valence-corrected chi connectivity index (χ0v) is 21.3. The molecule has 12 heteroatoms. The third kappa shape index (κ3) is 7.99. The third-order valence-electron chi connectivity index (χ3n) is 5.36. The number of amides is 2. The van der Waals surface area contributed by atoms with Gasteiger partial charge in [0.1, 0.15) is 11.5 Å². The van der Waals surface area contributed by atoms with E-state index in [2.05, 4.69) is 34.0 Å². The number of rotatable bonds is 14. The van der Waals surface area contributed by atoms with Crippen LogP contribution in [0.3, 0.4) is 0 Å². The fourth-order valence-electron chi connectivity index (χ4n) is 3.29. The highest BCUT2D eigenvalue weighted by molar-refractivity contribution is 6.08. The maximum Gasteiger partial charge on any atom is 0.337 e. The zero-order chi connectivity index (χ0) is 29.1. The molecule has 1 heterocycles. The number of nitrogens with zero attached hydrogens (tertiary/aromatic N) is 2. The van der Waals surface area contributed by atoms with Crippen LogP contribution in [0.15, 0.2) is 79.5 Å². The molecule has 4 N–H and O–H groups in total. The summed E-state index contributed by atoms with van der Waals surface area (Å²) in [4.78, 5) is 47.6. The lowest BCUT2D eigenvalue weighted by molar-refractivity contribution is -0.112. The van der Waals surface area contributed by atoms with Crippen molar-refractivity contribution in [3.8, 4) is 11.5 Å². The highest BCUT2D eigenvalue weighted by Gasteiger charge is 2.17. The standard InChI is InChI=1S/C28H26N4O8/c1-3-17(2)25(33)30-23-15-18(8-10-20(23)27(35)36)39-13-4-5-14-40-19-9-11-21(28(37)38)24(16-19)31-26(34)22-7-6-12-29-32-22/h3,6-12,15-16H,1-2,4-5,13-14H2,(H,30,33)(H,31,34)(H,35,36)(H,37,38). The largest absolute Gasteiger partial charge is 0.494 e. The van der Waals surface area contributed by atoms with Crippen molar-refractivity contribution in [3.05, 3.63) is 96.4 Å². The molecular formula is C28H26N4O8. The Kier molecular flexibility index (Phi) is 10.1. The molecule has 0 aliphatic heterocycles. The number of carbonyl (C=O) groups excluding carboxylic acids is 2. The number of nitrogens with one attached hydrogen (secondary N) is 2. The van der Waals surface area contributed by atoms with Gasteiger partial charge >= 0.3 is 11.9 Å². The molecule has 0 saturated heterocycles. The first-order chi connectivity index (χ1) is 19.2. The number of ether oxygens (including phenoxy) is 2. The number of benzene rings is 2. The summed E-state index contributed by atoms with van der Waals surface area (Å²) in [7, 11) is 0. The van der Waals surface area contributed by atoms with Crippen molar-refractivity contribution in [2.24, 2.45) is 0 Å². The third-order valence-corrected chi connectivity index (χ3v) is 5.36. The summed E-state index contributed by atoms with van der Waals surface area (Å²) < 4.78 is 11.4. The first kappa shape index (κ1) is 29.0. The van der Waals surface area contributed by atoms with Crippen LogP contribution in [0.5, 0.6) is 11.5 Å². The average molecular weight is 547 g/mol. The van der Waals surface area contributed by atoms with Crippen LogP contribution in [0, 0.1) is 0 Å². The molecule has 40 heavy (non-hydrogen) atoms. The van der Waals surface area contributed by atoms with Crippen LogP contribution in [0.4, 0.5) is 11.4 Å². The average Bonchev–Trinajstić information content (AvgIpc) is 2.94. The Hall–Kier alpha value is -5.52. The summed E-state index contributed by atoms with van der Waals surface area (Å²) in [6.07, 6.45) is 3.81. The first-order valence-corrected chi connectivity index (χ1v) is 11.9. The van der Waals surface area contributed by atoms with Gasteiger partial charge in [-0.2, -0.15) is 5.10 Å². The summed E-state index contributed by atoms with van der Waals surface area (Å²) in [6, 6.07) is 11.4. The van der Waals surface area contributed by atoms with Crippen molar-refractivity contribution in [1.82, 2.24) is 10.2 Å². The van der Waals surface area contributed by atoms with Crippen molar-refractivity contribution in [2.45, 2.75) is 12.8 Å². The molecule has 206 valence electrons. The van der Waals surface area contributed by atoms with Crippen LogP contribution in [-0.2, 0) is 4.79 Å². The van der Waals surface area contributed by atoms with E-state index < -0.39 is 23.8 Å². The molecule has 0 aliphatic rings. The maximum absolute atomic E-state index is 12.4. The van der Waals surface area contributed by atoms with Crippen molar-refractivity contribution in [2.75, 3.05) is 23.8 Å². The minimum atomic E-state index is -1.22. The van der Waals surface area contributed by atoms with Crippen LogP contribution in [-0.4, -0.2) is 57.4 Å². The minimum Gasteiger partial charge on any atom is -0.494 e. The summed E-state index contributed by atoms with van der Waals surface area (Å²) in [5.41, 5.74) is 0.00449. The molecule has 2 aromatic carbocycles. The van der Waals surface area contributed by atoms with Gasteiger partial charge < -0.3 is 30.3 Å². The molecule has 1 aromatic heterocycles. The van der Waals surface area contributed by atoms with Gasteiger partial charge in [0, 0.05) is 23.9 Å². The SMILES string of the molecule is C=CC(=C)C(=O)Nc1cc(OCCCCOc2ccc(C(=O)O)c(NC(=O)c3cccnn3)c2)ccc1C(=O)O. The van der Waals surface area contributed by atoms with E-state index in [0.717, 1.165) is 0 Å². The number of aromatic nitrogens is 2. The Bertz CT molecular complexity index is 1440. The maximum atomic E-state index is 12.4. The number of aromatic carboxylic acids is 2. The van der Waals surface area contributed by atoms with Crippen LogP contribution in [0.2, 0.25) is 0 Å². The van der Waals surface area contributed by atoms with Gasteiger partial charge in [0.25, 0.3) is 11.8 Å². The number of hydrogen-bond donors (Lipinski definition) is 4. The van der Waals surface area contributed by atoms with Crippen molar-refractivity contribution in [1.29, 1.82) is 0 Å². The van der Waals surface area contributed by atoms with Crippen molar-refractivity contribution < 1.29 is 38.9 Å². The first-order valence-electron chi connectivity index (χ1n) is 11.9. The monoisotopic (exact) mass is 546 g/mol. The van der Waals surface area contributed by atoms with Gasteiger partial charge in [0.15, 0.2) is 5.69 Å².